The van der Waals surface area contributed by atoms with Crippen molar-refractivity contribution in [1.82, 2.24) is 5.32 Å². The zero-order valence-corrected chi connectivity index (χ0v) is 13.4. The van der Waals surface area contributed by atoms with Crippen LogP contribution in [0.1, 0.15) is 60.3 Å². The largest absolute Gasteiger partial charge is 0.389 e. The second-order valence-electron chi connectivity index (χ2n) is 7.36. The van der Waals surface area contributed by atoms with Crippen molar-refractivity contribution >= 4 is 0 Å². The van der Waals surface area contributed by atoms with E-state index in [1.807, 2.05) is 0 Å². The molecule has 0 heterocycles. The van der Waals surface area contributed by atoms with Crippen molar-refractivity contribution in [3.8, 4) is 0 Å². The summed E-state index contributed by atoms with van der Waals surface area (Å²) in [5.41, 5.74) is 0.222. The molecule has 2 atom stereocenters. The van der Waals surface area contributed by atoms with Crippen LogP contribution in [0, 0.1) is 11.3 Å². The predicted octanol–water partition coefficient (Wildman–Crippen LogP) is 2.97. The fourth-order valence-corrected chi connectivity index (χ4v) is 2.32. The zero-order valence-electron chi connectivity index (χ0n) is 13.4. The Morgan fingerprint density at radius 1 is 1.21 bits per heavy atom. The van der Waals surface area contributed by atoms with Gasteiger partial charge in [-0.15, -0.1) is 0 Å². The van der Waals surface area contributed by atoms with Gasteiger partial charge in [0.05, 0.1) is 18.8 Å². The normalized spacial score (nSPS) is 28.1. The second kappa shape index (κ2) is 7.61. The summed E-state index contributed by atoms with van der Waals surface area (Å²) in [7, 11) is 0. The number of ether oxygens (including phenoxy) is 1. The SMILES string of the molecule is CC1CCC(OCC(O)CNC(C)C(C)(C)C)CC1. The van der Waals surface area contributed by atoms with Crippen LogP contribution >= 0.6 is 0 Å². The van der Waals surface area contributed by atoms with E-state index in [2.05, 4.69) is 39.9 Å². The van der Waals surface area contributed by atoms with Gasteiger partial charge in [-0.3, -0.25) is 0 Å². The third-order valence-electron chi connectivity index (χ3n) is 4.45. The van der Waals surface area contributed by atoms with Crippen LogP contribution < -0.4 is 5.32 Å². The third-order valence-corrected chi connectivity index (χ3v) is 4.45. The minimum Gasteiger partial charge on any atom is -0.389 e. The first-order chi connectivity index (χ1) is 8.79. The molecule has 2 N–H and O–H groups in total. The van der Waals surface area contributed by atoms with E-state index in [1.54, 1.807) is 0 Å². The Bertz CT molecular complexity index is 242. The number of rotatable bonds is 6. The Morgan fingerprint density at radius 3 is 2.32 bits per heavy atom. The van der Waals surface area contributed by atoms with Crippen molar-refractivity contribution in [2.45, 2.75) is 78.6 Å². The summed E-state index contributed by atoms with van der Waals surface area (Å²) >= 11 is 0. The smallest absolute Gasteiger partial charge is 0.0897 e. The monoisotopic (exact) mass is 271 g/mol. The highest BCUT2D eigenvalue weighted by atomic mass is 16.5. The van der Waals surface area contributed by atoms with E-state index in [4.69, 9.17) is 4.74 Å². The van der Waals surface area contributed by atoms with E-state index in [0.29, 0.717) is 25.3 Å². The van der Waals surface area contributed by atoms with Crippen molar-refractivity contribution in [1.29, 1.82) is 0 Å². The molecule has 114 valence electrons. The van der Waals surface area contributed by atoms with Crippen LogP contribution in [0.25, 0.3) is 0 Å². The van der Waals surface area contributed by atoms with Crippen LogP contribution in [0.15, 0.2) is 0 Å². The fraction of sp³-hybridized carbons (Fsp3) is 1.00. The molecule has 0 radical (unpaired) electrons. The molecule has 0 saturated heterocycles. The number of aliphatic hydroxyl groups excluding tert-OH is 1. The van der Waals surface area contributed by atoms with Crippen molar-refractivity contribution in [2.75, 3.05) is 13.2 Å². The molecule has 1 aliphatic carbocycles. The number of nitrogens with one attached hydrogen (secondary N) is 1. The maximum Gasteiger partial charge on any atom is 0.0897 e. The van der Waals surface area contributed by atoms with Crippen molar-refractivity contribution in [3.05, 3.63) is 0 Å². The standard InChI is InChI=1S/C16H33NO2/c1-12-6-8-15(9-7-12)19-11-14(18)10-17-13(2)16(3,4)5/h12-15,17-18H,6-11H2,1-5H3. The Kier molecular flexibility index (Phi) is 6.78. The van der Waals surface area contributed by atoms with E-state index < -0.39 is 6.10 Å². The molecule has 0 aliphatic heterocycles. The van der Waals surface area contributed by atoms with E-state index in [0.717, 1.165) is 18.8 Å². The molecule has 3 heteroatoms. The Balaban J connectivity index is 2.12. The van der Waals surface area contributed by atoms with Crippen LogP contribution in [0.2, 0.25) is 0 Å². The van der Waals surface area contributed by atoms with Crippen LogP contribution in [0.3, 0.4) is 0 Å². The molecule has 1 aliphatic rings. The summed E-state index contributed by atoms with van der Waals surface area (Å²) in [6.45, 7) is 12.2. The molecule has 2 unspecified atom stereocenters. The third kappa shape index (κ3) is 6.73. The Labute approximate surface area is 119 Å². The predicted molar refractivity (Wildman–Crippen MR) is 80.3 cm³/mol. The molecule has 3 nitrogen and oxygen atoms in total. The highest BCUT2D eigenvalue weighted by molar-refractivity contribution is 4.77. The first kappa shape index (κ1) is 16.9. The molecule has 0 spiro atoms. The zero-order chi connectivity index (χ0) is 14.5. The lowest BCUT2D eigenvalue weighted by atomic mass is 9.88. The summed E-state index contributed by atoms with van der Waals surface area (Å²) in [5, 5.41) is 13.3. The Hall–Kier alpha value is -0.120. The van der Waals surface area contributed by atoms with Gasteiger partial charge in [0.25, 0.3) is 0 Å². The molecule has 19 heavy (non-hydrogen) atoms. The summed E-state index contributed by atoms with van der Waals surface area (Å²) in [6, 6.07) is 0.387. The molecule has 1 rings (SSSR count). The minimum atomic E-state index is -0.399. The van der Waals surface area contributed by atoms with Gasteiger partial charge in [0, 0.05) is 12.6 Å². The maximum absolute atomic E-state index is 9.96. The van der Waals surface area contributed by atoms with Crippen LogP contribution in [-0.2, 0) is 4.74 Å². The molecule has 0 amide bonds. The fourth-order valence-electron chi connectivity index (χ4n) is 2.32. The summed E-state index contributed by atoms with van der Waals surface area (Å²) in [6.07, 6.45) is 4.80. The first-order valence-electron chi connectivity index (χ1n) is 7.82. The van der Waals surface area contributed by atoms with Gasteiger partial charge in [-0.25, -0.2) is 0 Å². The summed E-state index contributed by atoms with van der Waals surface area (Å²) in [4.78, 5) is 0. The average Bonchev–Trinajstić information content (AvgIpc) is 2.34. The van der Waals surface area contributed by atoms with E-state index in [1.165, 1.54) is 12.8 Å². The topological polar surface area (TPSA) is 41.5 Å². The maximum atomic E-state index is 9.96. The van der Waals surface area contributed by atoms with Crippen molar-refractivity contribution < 1.29 is 9.84 Å². The molecule has 0 bridgehead atoms. The highest BCUT2D eigenvalue weighted by Crippen LogP contribution is 2.25. The number of aliphatic hydroxyl groups is 1. The lowest BCUT2D eigenvalue weighted by Gasteiger charge is -2.30. The molecule has 1 saturated carbocycles. The quantitative estimate of drug-likeness (QED) is 0.780. The minimum absolute atomic E-state index is 0.222. The molecule has 0 aromatic rings. The molecule has 0 aromatic carbocycles. The van der Waals surface area contributed by atoms with Crippen molar-refractivity contribution in [3.63, 3.8) is 0 Å². The number of hydrogen-bond donors (Lipinski definition) is 2. The van der Waals surface area contributed by atoms with E-state index in [-0.39, 0.29) is 5.41 Å². The van der Waals surface area contributed by atoms with Crippen LogP contribution in [-0.4, -0.2) is 36.5 Å². The molecule has 0 aromatic heterocycles. The molecular formula is C16H33NO2. The van der Waals surface area contributed by atoms with Gasteiger partial charge in [0.1, 0.15) is 0 Å². The van der Waals surface area contributed by atoms with Crippen molar-refractivity contribution in [2.24, 2.45) is 11.3 Å². The van der Waals surface area contributed by atoms with Gasteiger partial charge < -0.3 is 15.2 Å². The van der Waals surface area contributed by atoms with Gasteiger partial charge in [0.2, 0.25) is 0 Å². The van der Waals surface area contributed by atoms with E-state index >= 15 is 0 Å². The van der Waals surface area contributed by atoms with Gasteiger partial charge in [-0.1, -0.05) is 27.7 Å². The lowest BCUT2D eigenvalue weighted by molar-refractivity contribution is -0.0290. The van der Waals surface area contributed by atoms with Gasteiger partial charge in [0.15, 0.2) is 0 Å². The highest BCUT2D eigenvalue weighted by Gasteiger charge is 2.22. The molecular weight excluding hydrogens is 238 g/mol. The van der Waals surface area contributed by atoms with Crippen LogP contribution in [0.5, 0.6) is 0 Å². The van der Waals surface area contributed by atoms with Gasteiger partial charge in [-0.05, 0) is 43.9 Å². The van der Waals surface area contributed by atoms with Crippen LogP contribution in [0.4, 0.5) is 0 Å². The van der Waals surface area contributed by atoms with Gasteiger partial charge >= 0.3 is 0 Å². The molecule has 1 fully saturated rings. The van der Waals surface area contributed by atoms with Gasteiger partial charge in [-0.2, -0.15) is 0 Å². The summed E-state index contributed by atoms with van der Waals surface area (Å²) in [5.74, 6) is 0.846. The summed E-state index contributed by atoms with van der Waals surface area (Å²) < 4.78 is 5.82. The average molecular weight is 271 g/mol. The van der Waals surface area contributed by atoms with E-state index in [9.17, 15) is 5.11 Å². The number of hydrogen-bond acceptors (Lipinski definition) is 3. The Morgan fingerprint density at radius 2 is 1.79 bits per heavy atom. The lowest BCUT2D eigenvalue weighted by Crippen LogP contribution is -2.43. The first-order valence-corrected chi connectivity index (χ1v) is 7.82. The second-order valence-corrected chi connectivity index (χ2v) is 7.36.